The fraction of sp³-hybridized carbons (Fsp3) is 0.421. The maximum atomic E-state index is 13.6. The SMILES string of the molecule is O=C(NC1CCCCCC1)c1ccc(COc2c(F)c(F)cc(F)c2F)o1. The summed E-state index contributed by atoms with van der Waals surface area (Å²) < 4.78 is 63.6. The first-order valence-corrected chi connectivity index (χ1v) is 8.81. The molecule has 4 nitrogen and oxygen atoms in total. The van der Waals surface area contributed by atoms with Crippen LogP contribution in [-0.2, 0) is 6.61 Å². The van der Waals surface area contributed by atoms with E-state index < -0.39 is 35.6 Å². The van der Waals surface area contributed by atoms with Gasteiger partial charge >= 0.3 is 0 Å². The summed E-state index contributed by atoms with van der Waals surface area (Å²) in [6, 6.07) is 2.99. The van der Waals surface area contributed by atoms with Gasteiger partial charge in [0.25, 0.3) is 5.91 Å². The Hall–Kier alpha value is -2.51. The Morgan fingerprint density at radius 3 is 2.30 bits per heavy atom. The zero-order valence-electron chi connectivity index (χ0n) is 14.5. The molecule has 1 aromatic heterocycles. The number of ether oxygens (including phenoxy) is 1. The van der Waals surface area contributed by atoms with Crippen LogP contribution in [0.3, 0.4) is 0 Å². The van der Waals surface area contributed by atoms with Gasteiger partial charge in [-0.25, -0.2) is 8.78 Å². The van der Waals surface area contributed by atoms with Gasteiger partial charge in [-0.15, -0.1) is 0 Å². The maximum Gasteiger partial charge on any atom is 0.287 e. The highest BCUT2D eigenvalue weighted by atomic mass is 19.2. The van der Waals surface area contributed by atoms with Crippen LogP contribution in [-0.4, -0.2) is 11.9 Å². The van der Waals surface area contributed by atoms with Crippen molar-refractivity contribution >= 4 is 5.91 Å². The lowest BCUT2D eigenvalue weighted by molar-refractivity contribution is 0.0900. The van der Waals surface area contributed by atoms with Gasteiger partial charge in [0.2, 0.25) is 11.6 Å². The molecule has 1 aromatic carbocycles. The lowest BCUT2D eigenvalue weighted by Gasteiger charge is -2.15. The minimum absolute atomic E-state index is 0.0317. The Labute approximate surface area is 153 Å². The summed E-state index contributed by atoms with van der Waals surface area (Å²) >= 11 is 0. The van der Waals surface area contributed by atoms with Gasteiger partial charge < -0.3 is 14.5 Å². The summed E-state index contributed by atoms with van der Waals surface area (Å²) in [5, 5.41) is 2.90. The van der Waals surface area contributed by atoms with E-state index in [1.54, 1.807) is 0 Å². The van der Waals surface area contributed by atoms with E-state index >= 15 is 0 Å². The first kappa shape index (κ1) is 19.3. The Kier molecular flexibility index (Phi) is 6.03. The molecule has 8 heteroatoms. The zero-order chi connectivity index (χ0) is 19.4. The second-order valence-corrected chi connectivity index (χ2v) is 6.51. The molecule has 1 amide bonds. The van der Waals surface area contributed by atoms with Crippen molar-refractivity contribution in [1.29, 1.82) is 0 Å². The molecule has 0 radical (unpaired) electrons. The molecule has 0 unspecified atom stereocenters. The van der Waals surface area contributed by atoms with E-state index in [4.69, 9.17) is 9.15 Å². The molecular formula is C19H19F4NO3. The van der Waals surface area contributed by atoms with Crippen LogP contribution in [0.4, 0.5) is 17.6 Å². The number of carbonyl (C=O) groups excluding carboxylic acids is 1. The predicted octanol–water partition coefficient (Wildman–Crippen LogP) is 4.87. The summed E-state index contributed by atoms with van der Waals surface area (Å²) in [5.74, 6) is -7.83. The number of amides is 1. The first-order chi connectivity index (χ1) is 13.0. The molecule has 3 rings (SSSR count). The van der Waals surface area contributed by atoms with Crippen molar-refractivity contribution in [2.75, 3.05) is 0 Å². The van der Waals surface area contributed by atoms with Crippen molar-refractivity contribution in [2.45, 2.75) is 51.2 Å². The predicted molar refractivity (Wildman–Crippen MR) is 88.3 cm³/mol. The summed E-state index contributed by atoms with van der Waals surface area (Å²) in [7, 11) is 0. The molecule has 1 saturated carbocycles. The largest absolute Gasteiger partial charge is 0.479 e. The van der Waals surface area contributed by atoms with Crippen LogP contribution in [0.2, 0.25) is 0 Å². The van der Waals surface area contributed by atoms with Crippen molar-refractivity contribution < 1.29 is 31.5 Å². The van der Waals surface area contributed by atoms with Gasteiger partial charge in [0.15, 0.2) is 23.1 Å². The number of furan rings is 1. The number of hydrogen-bond acceptors (Lipinski definition) is 3. The molecule has 1 fully saturated rings. The van der Waals surface area contributed by atoms with Gasteiger partial charge in [-0.05, 0) is 25.0 Å². The van der Waals surface area contributed by atoms with Crippen LogP contribution in [0.1, 0.15) is 54.8 Å². The standard InChI is InChI=1S/C19H19F4NO3/c20-13-9-14(21)17(23)18(16(13)22)26-10-12-7-8-15(27-12)19(25)24-11-5-3-1-2-4-6-11/h7-9,11H,1-6,10H2,(H,24,25). The summed E-state index contributed by atoms with van der Waals surface area (Å²) in [4.78, 5) is 12.2. The van der Waals surface area contributed by atoms with E-state index in [0.29, 0.717) is 0 Å². The number of rotatable bonds is 5. The van der Waals surface area contributed by atoms with E-state index in [-0.39, 0.29) is 29.5 Å². The molecule has 1 N–H and O–H groups in total. The minimum Gasteiger partial charge on any atom is -0.479 e. The molecule has 27 heavy (non-hydrogen) atoms. The molecular weight excluding hydrogens is 366 g/mol. The maximum absolute atomic E-state index is 13.6. The molecule has 0 bridgehead atoms. The van der Waals surface area contributed by atoms with E-state index in [1.807, 2.05) is 0 Å². The van der Waals surface area contributed by atoms with Crippen LogP contribution >= 0.6 is 0 Å². The molecule has 1 aliphatic rings. The molecule has 2 aromatic rings. The number of benzene rings is 1. The number of halogens is 4. The quantitative estimate of drug-likeness (QED) is 0.454. The van der Waals surface area contributed by atoms with Crippen LogP contribution < -0.4 is 10.1 Å². The normalized spacial score (nSPS) is 15.4. The van der Waals surface area contributed by atoms with Crippen molar-refractivity contribution in [3.05, 3.63) is 53.0 Å². The Morgan fingerprint density at radius 1 is 1.04 bits per heavy atom. The second-order valence-electron chi connectivity index (χ2n) is 6.51. The molecule has 146 valence electrons. The Morgan fingerprint density at radius 2 is 1.67 bits per heavy atom. The van der Waals surface area contributed by atoms with E-state index in [2.05, 4.69) is 5.32 Å². The van der Waals surface area contributed by atoms with Crippen molar-refractivity contribution in [1.82, 2.24) is 5.32 Å². The Bertz CT molecular complexity index is 787. The average molecular weight is 385 g/mol. The monoisotopic (exact) mass is 385 g/mol. The van der Waals surface area contributed by atoms with E-state index in [0.717, 1.165) is 38.5 Å². The highest BCUT2D eigenvalue weighted by Crippen LogP contribution is 2.27. The lowest BCUT2D eigenvalue weighted by Crippen LogP contribution is -2.34. The molecule has 1 heterocycles. The summed E-state index contributed by atoms with van der Waals surface area (Å²) in [6.45, 7) is -0.493. The molecule has 1 aliphatic carbocycles. The number of nitrogens with one attached hydrogen (secondary N) is 1. The molecule has 0 spiro atoms. The number of hydrogen-bond donors (Lipinski definition) is 1. The summed E-state index contributed by atoms with van der Waals surface area (Å²) in [6.07, 6.45) is 6.25. The Balaban J connectivity index is 1.62. The topological polar surface area (TPSA) is 51.5 Å². The zero-order valence-corrected chi connectivity index (χ0v) is 14.5. The fourth-order valence-corrected chi connectivity index (χ4v) is 3.08. The van der Waals surface area contributed by atoms with Crippen molar-refractivity contribution in [3.63, 3.8) is 0 Å². The van der Waals surface area contributed by atoms with Gasteiger partial charge in [0.1, 0.15) is 12.4 Å². The van der Waals surface area contributed by atoms with Crippen LogP contribution in [0, 0.1) is 23.3 Å². The van der Waals surface area contributed by atoms with Crippen LogP contribution in [0.15, 0.2) is 22.6 Å². The summed E-state index contributed by atoms with van der Waals surface area (Å²) in [5.41, 5.74) is 0. The van der Waals surface area contributed by atoms with Gasteiger partial charge in [0.05, 0.1) is 0 Å². The van der Waals surface area contributed by atoms with Crippen LogP contribution in [0.25, 0.3) is 0 Å². The smallest absolute Gasteiger partial charge is 0.287 e. The third kappa shape index (κ3) is 4.61. The highest BCUT2D eigenvalue weighted by Gasteiger charge is 2.22. The highest BCUT2D eigenvalue weighted by molar-refractivity contribution is 5.91. The first-order valence-electron chi connectivity index (χ1n) is 8.81. The van der Waals surface area contributed by atoms with Crippen LogP contribution in [0.5, 0.6) is 5.75 Å². The van der Waals surface area contributed by atoms with E-state index in [9.17, 15) is 22.4 Å². The number of carbonyl (C=O) groups is 1. The third-order valence-electron chi connectivity index (χ3n) is 4.51. The lowest BCUT2D eigenvalue weighted by atomic mass is 10.1. The molecule has 0 atom stereocenters. The molecule has 0 saturated heterocycles. The second kappa shape index (κ2) is 8.45. The van der Waals surface area contributed by atoms with Gasteiger partial charge in [-0.2, -0.15) is 8.78 Å². The van der Waals surface area contributed by atoms with Gasteiger partial charge in [-0.3, -0.25) is 4.79 Å². The van der Waals surface area contributed by atoms with Crippen molar-refractivity contribution in [2.24, 2.45) is 0 Å². The van der Waals surface area contributed by atoms with Gasteiger partial charge in [0, 0.05) is 12.1 Å². The fourth-order valence-electron chi connectivity index (χ4n) is 3.08. The van der Waals surface area contributed by atoms with E-state index in [1.165, 1.54) is 12.1 Å². The van der Waals surface area contributed by atoms with Crippen molar-refractivity contribution in [3.8, 4) is 5.75 Å². The average Bonchev–Trinajstić information content (AvgIpc) is 2.97. The molecule has 0 aliphatic heterocycles. The minimum atomic E-state index is -1.63. The third-order valence-corrected chi connectivity index (χ3v) is 4.51. The van der Waals surface area contributed by atoms with Gasteiger partial charge in [-0.1, -0.05) is 25.7 Å².